The molecular weight excluding hydrogens is 282 g/mol. The summed E-state index contributed by atoms with van der Waals surface area (Å²) < 4.78 is 51.7. The maximum atomic E-state index is 13.7. The van der Waals surface area contributed by atoms with Gasteiger partial charge in [0.1, 0.15) is 5.82 Å². The van der Waals surface area contributed by atoms with Gasteiger partial charge in [-0.1, -0.05) is 11.6 Å². The van der Waals surface area contributed by atoms with Crippen molar-refractivity contribution in [2.45, 2.75) is 6.18 Å². The van der Waals surface area contributed by atoms with Crippen LogP contribution in [0.1, 0.15) is 5.56 Å². The fraction of sp³-hybridized carbons (Fsp3) is 0.0769. The van der Waals surface area contributed by atoms with E-state index in [2.05, 4.69) is 0 Å². The van der Waals surface area contributed by atoms with E-state index in [1.807, 2.05) is 0 Å². The molecule has 1 nitrogen and oxygen atoms in total. The van der Waals surface area contributed by atoms with Crippen molar-refractivity contribution in [3.8, 4) is 11.1 Å². The van der Waals surface area contributed by atoms with Crippen molar-refractivity contribution in [2.24, 2.45) is 0 Å². The highest BCUT2D eigenvalue weighted by Crippen LogP contribution is 2.35. The Morgan fingerprint density at radius 3 is 2.26 bits per heavy atom. The molecule has 0 heterocycles. The zero-order valence-corrected chi connectivity index (χ0v) is 10.2. The van der Waals surface area contributed by atoms with E-state index in [0.717, 1.165) is 18.2 Å². The normalized spacial score (nSPS) is 11.6. The minimum atomic E-state index is -4.53. The van der Waals surface area contributed by atoms with E-state index in [9.17, 15) is 17.6 Å². The third-order valence-electron chi connectivity index (χ3n) is 2.52. The van der Waals surface area contributed by atoms with Crippen molar-refractivity contribution >= 4 is 17.3 Å². The van der Waals surface area contributed by atoms with Crippen LogP contribution in [-0.2, 0) is 6.18 Å². The summed E-state index contributed by atoms with van der Waals surface area (Å²) in [4.78, 5) is 0. The smallest absolute Gasteiger partial charge is 0.399 e. The highest BCUT2D eigenvalue weighted by molar-refractivity contribution is 6.30. The van der Waals surface area contributed by atoms with Gasteiger partial charge in [-0.3, -0.25) is 0 Å². The maximum absolute atomic E-state index is 13.7. The van der Waals surface area contributed by atoms with Gasteiger partial charge in [0.05, 0.1) is 5.56 Å². The van der Waals surface area contributed by atoms with E-state index in [1.165, 1.54) is 18.2 Å². The lowest BCUT2D eigenvalue weighted by atomic mass is 10.0. The minimum Gasteiger partial charge on any atom is -0.399 e. The van der Waals surface area contributed by atoms with Crippen molar-refractivity contribution in [1.29, 1.82) is 0 Å². The first kappa shape index (κ1) is 13.7. The molecule has 0 aliphatic carbocycles. The lowest BCUT2D eigenvalue weighted by Crippen LogP contribution is -2.06. The average molecular weight is 290 g/mol. The number of anilines is 1. The third-order valence-corrected chi connectivity index (χ3v) is 2.76. The molecule has 0 amide bonds. The number of nitrogen functional groups attached to an aromatic ring is 1. The Kier molecular flexibility index (Phi) is 3.41. The van der Waals surface area contributed by atoms with Gasteiger partial charge in [-0.2, -0.15) is 13.2 Å². The minimum absolute atomic E-state index is 0.0159. The number of hydrogen-bond donors (Lipinski definition) is 1. The maximum Gasteiger partial charge on any atom is 0.416 e. The molecule has 100 valence electrons. The quantitative estimate of drug-likeness (QED) is 0.595. The van der Waals surface area contributed by atoms with Crippen molar-refractivity contribution in [1.82, 2.24) is 0 Å². The van der Waals surface area contributed by atoms with Crippen LogP contribution in [0.15, 0.2) is 36.4 Å². The van der Waals surface area contributed by atoms with E-state index in [1.54, 1.807) is 0 Å². The fourth-order valence-corrected chi connectivity index (χ4v) is 1.85. The second-order valence-corrected chi connectivity index (χ2v) is 4.40. The molecule has 0 bridgehead atoms. The van der Waals surface area contributed by atoms with Crippen molar-refractivity contribution < 1.29 is 17.6 Å². The van der Waals surface area contributed by atoms with Crippen molar-refractivity contribution in [2.75, 3.05) is 5.73 Å². The Morgan fingerprint density at radius 1 is 1.00 bits per heavy atom. The zero-order valence-electron chi connectivity index (χ0n) is 9.43. The van der Waals surface area contributed by atoms with Crippen LogP contribution >= 0.6 is 11.6 Å². The van der Waals surface area contributed by atoms with E-state index in [0.29, 0.717) is 0 Å². The van der Waals surface area contributed by atoms with Crippen molar-refractivity contribution in [3.63, 3.8) is 0 Å². The first-order valence-electron chi connectivity index (χ1n) is 5.20. The van der Waals surface area contributed by atoms with E-state index in [4.69, 9.17) is 17.3 Å². The predicted molar refractivity (Wildman–Crippen MR) is 66.3 cm³/mol. The molecule has 0 atom stereocenters. The first-order valence-corrected chi connectivity index (χ1v) is 5.58. The summed E-state index contributed by atoms with van der Waals surface area (Å²) >= 11 is 5.59. The molecule has 2 rings (SSSR count). The van der Waals surface area contributed by atoms with Gasteiger partial charge in [-0.15, -0.1) is 0 Å². The Morgan fingerprint density at radius 2 is 1.68 bits per heavy atom. The van der Waals surface area contributed by atoms with Gasteiger partial charge in [0.15, 0.2) is 0 Å². The second kappa shape index (κ2) is 4.74. The number of nitrogens with two attached hydrogens (primary N) is 1. The molecule has 19 heavy (non-hydrogen) atoms. The summed E-state index contributed by atoms with van der Waals surface area (Å²) in [5.41, 5.74) is 4.49. The highest BCUT2D eigenvalue weighted by atomic mass is 35.5. The van der Waals surface area contributed by atoms with Crippen LogP contribution in [0.5, 0.6) is 0 Å². The molecule has 0 saturated carbocycles. The van der Waals surface area contributed by atoms with Gasteiger partial charge in [0.2, 0.25) is 0 Å². The lowest BCUT2D eigenvalue weighted by molar-refractivity contribution is -0.137. The molecule has 2 N–H and O–H groups in total. The number of hydrogen-bond acceptors (Lipinski definition) is 1. The number of rotatable bonds is 1. The zero-order chi connectivity index (χ0) is 14.2. The molecule has 0 radical (unpaired) electrons. The Balaban J connectivity index is 2.59. The van der Waals surface area contributed by atoms with Gasteiger partial charge in [-0.25, -0.2) is 4.39 Å². The van der Waals surface area contributed by atoms with Crippen molar-refractivity contribution in [3.05, 3.63) is 52.8 Å². The Bertz CT molecular complexity index is 623. The molecule has 2 aromatic carbocycles. The van der Waals surface area contributed by atoms with Crippen LogP contribution in [0.4, 0.5) is 23.2 Å². The average Bonchev–Trinajstić information content (AvgIpc) is 2.26. The molecule has 2 aromatic rings. The first-order chi connectivity index (χ1) is 8.77. The molecule has 0 unspecified atom stereocenters. The van der Waals surface area contributed by atoms with Gasteiger partial charge in [0.25, 0.3) is 0 Å². The van der Waals surface area contributed by atoms with E-state index >= 15 is 0 Å². The van der Waals surface area contributed by atoms with Gasteiger partial charge in [0, 0.05) is 16.3 Å². The number of alkyl halides is 3. The van der Waals surface area contributed by atoms with Crippen LogP contribution in [0.25, 0.3) is 11.1 Å². The summed E-state index contributed by atoms with van der Waals surface area (Å²) in [6, 6.07) is 6.68. The van der Waals surface area contributed by atoms with Crippen LogP contribution in [0.3, 0.4) is 0 Å². The lowest BCUT2D eigenvalue weighted by Gasteiger charge is -2.11. The standard InChI is InChI=1S/C13H8ClF4N/c14-9-1-2-11(12(15)6-9)7-3-8(13(16,17)18)5-10(19)4-7/h1-6H,19H2. The molecule has 0 aromatic heterocycles. The Labute approximate surface area is 111 Å². The molecular formula is C13H8ClF4N. The molecule has 0 aliphatic rings. The molecule has 0 aliphatic heterocycles. The van der Waals surface area contributed by atoms with E-state index < -0.39 is 17.6 Å². The summed E-state index contributed by atoms with van der Waals surface area (Å²) in [6.07, 6.45) is -4.53. The third kappa shape index (κ3) is 2.98. The summed E-state index contributed by atoms with van der Waals surface area (Å²) in [6.45, 7) is 0. The van der Waals surface area contributed by atoms with E-state index in [-0.39, 0.29) is 21.8 Å². The summed E-state index contributed by atoms with van der Waals surface area (Å²) in [5, 5.41) is 0.168. The number of halogens is 5. The molecule has 0 saturated heterocycles. The SMILES string of the molecule is Nc1cc(-c2ccc(Cl)cc2F)cc(C(F)(F)F)c1. The molecule has 0 spiro atoms. The van der Waals surface area contributed by atoms with Gasteiger partial charge < -0.3 is 5.73 Å². The summed E-state index contributed by atoms with van der Waals surface area (Å²) in [5.74, 6) is -0.703. The second-order valence-electron chi connectivity index (χ2n) is 3.97. The summed E-state index contributed by atoms with van der Waals surface area (Å²) in [7, 11) is 0. The van der Waals surface area contributed by atoms with Crippen LogP contribution < -0.4 is 5.73 Å². The van der Waals surface area contributed by atoms with Gasteiger partial charge >= 0.3 is 6.18 Å². The predicted octanol–water partition coefficient (Wildman–Crippen LogP) is 4.75. The fourth-order valence-electron chi connectivity index (χ4n) is 1.69. The molecule has 6 heteroatoms. The van der Waals surface area contributed by atoms with Crippen LogP contribution in [-0.4, -0.2) is 0 Å². The van der Waals surface area contributed by atoms with Crippen LogP contribution in [0.2, 0.25) is 5.02 Å². The monoisotopic (exact) mass is 289 g/mol. The van der Waals surface area contributed by atoms with Crippen LogP contribution in [0, 0.1) is 5.82 Å². The van der Waals surface area contributed by atoms with Gasteiger partial charge in [-0.05, 0) is 42.0 Å². The highest BCUT2D eigenvalue weighted by Gasteiger charge is 2.31. The number of benzene rings is 2. The largest absolute Gasteiger partial charge is 0.416 e. The topological polar surface area (TPSA) is 26.0 Å². The Hall–Kier alpha value is -1.75. The molecule has 0 fully saturated rings.